The summed E-state index contributed by atoms with van der Waals surface area (Å²) >= 11 is 6.31. The van der Waals surface area contributed by atoms with Crippen molar-refractivity contribution < 1.29 is 14.3 Å². The molecule has 0 spiro atoms. The summed E-state index contributed by atoms with van der Waals surface area (Å²) in [5.41, 5.74) is 3.45. The molecule has 0 saturated carbocycles. The minimum absolute atomic E-state index is 0.172. The number of carbonyl (C=O) groups is 1. The molecule has 3 unspecified atom stereocenters. The fourth-order valence-corrected chi connectivity index (χ4v) is 5.80. The monoisotopic (exact) mass is 498 g/mol. The van der Waals surface area contributed by atoms with Gasteiger partial charge in [0.25, 0.3) is 0 Å². The standard InChI is InChI=1S/C27H35ClN4O3/c1-30-13-15-31(16-14-30)11-3-17-35-21-7-4-19(5-8-21)26-25-22(10-12-32(26)27(33)34-2)23-18-20(28)6-9-24(23)29-25/h4-9,18,23-24,26,29H,3,10-17H2,1-2H3. The molecule has 0 bridgehead atoms. The summed E-state index contributed by atoms with van der Waals surface area (Å²) in [6, 6.07) is 8.10. The van der Waals surface area contributed by atoms with Gasteiger partial charge in [0.2, 0.25) is 0 Å². The molecule has 1 fully saturated rings. The van der Waals surface area contributed by atoms with Crippen molar-refractivity contribution in [3.63, 3.8) is 0 Å². The summed E-state index contributed by atoms with van der Waals surface area (Å²) in [5.74, 6) is 1.08. The highest BCUT2D eigenvalue weighted by Crippen LogP contribution is 2.44. The van der Waals surface area contributed by atoms with Crippen molar-refractivity contribution in [1.82, 2.24) is 20.0 Å². The molecule has 7 nitrogen and oxygen atoms in total. The number of amides is 1. The summed E-state index contributed by atoms with van der Waals surface area (Å²) < 4.78 is 11.2. The van der Waals surface area contributed by atoms with E-state index in [-0.39, 0.29) is 24.1 Å². The highest BCUT2D eigenvalue weighted by Gasteiger charge is 2.43. The van der Waals surface area contributed by atoms with E-state index in [0.29, 0.717) is 13.2 Å². The van der Waals surface area contributed by atoms with Crippen molar-refractivity contribution in [3.05, 3.63) is 64.4 Å². The number of hydrogen-bond acceptors (Lipinski definition) is 6. The molecule has 5 rings (SSSR count). The molecule has 0 aromatic heterocycles. The van der Waals surface area contributed by atoms with Crippen molar-refractivity contribution >= 4 is 17.7 Å². The lowest BCUT2D eigenvalue weighted by Crippen LogP contribution is -2.44. The normalized spacial score (nSPS) is 26.7. The molecule has 188 valence electrons. The Labute approximate surface area is 213 Å². The quantitative estimate of drug-likeness (QED) is 0.603. The van der Waals surface area contributed by atoms with Crippen molar-refractivity contribution in [2.24, 2.45) is 5.92 Å². The SMILES string of the molecule is COC(=O)N1CCC2=C(NC3C=CC(Cl)=CC23)C1c1ccc(OCCCN2CCN(C)CC2)cc1. The van der Waals surface area contributed by atoms with E-state index in [1.807, 2.05) is 23.1 Å². The van der Waals surface area contributed by atoms with Crippen molar-refractivity contribution in [2.75, 3.05) is 60.0 Å². The number of ether oxygens (including phenoxy) is 2. The van der Waals surface area contributed by atoms with Crippen molar-refractivity contribution in [2.45, 2.75) is 24.9 Å². The van der Waals surface area contributed by atoms with Gasteiger partial charge in [-0.25, -0.2) is 4.79 Å². The Morgan fingerprint density at radius 2 is 1.91 bits per heavy atom. The lowest BCUT2D eigenvalue weighted by atomic mass is 9.85. The smallest absolute Gasteiger partial charge is 0.410 e. The minimum atomic E-state index is -0.313. The maximum absolute atomic E-state index is 12.7. The molecule has 35 heavy (non-hydrogen) atoms. The van der Waals surface area contributed by atoms with Gasteiger partial charge in [0.05, 0.1) is 19.8 Å². The Bertz CT molecular complexity index is 1010. The number of nitrogens with one attached hydrogen (secondary N) is 1. The number of halogens is 1. The number of methoxy groups -OCH3 is 1. The number of fused-ring (bicyclic) bond motifs is 2. The third-order valence-corrected chi connectivity index (χ3v) is 7.81. The first kappa shape index (κ1) is 24.2. The Balaban J connectivity index is 1.26. The predicted molar refractivity (Wildman–Crippen MR) is 137 cm³/mol. The molecule has 3 aliphatic heterocycles. The zero-order chi connectivity index (χ0) is 24.4. The summed E-state index contributed by atoms with van der Waals surface area (Å²) in [4.78, 5) is 19.4. The molecule has 1 aromatic rings. The fraction of sp³-hybridized carbons (Fsp3) is 0.519. The summed E-state index contributed by atoms with van der Waals surface area (Å²) in [6.07, 6.45) is 7.67. The highest BCUT2D eigenvalue weighted by atomic mass is 35.5. The highest BCUT2D eigenvalue weighted by molar-refractivity contribution is 6.31. The number of likely N-dealkylation sites (N-methyl/N-ethyl adjacent to an activating group) is 1. The number of rotatable bonds is 6. The zero-order valence-corrected chi connectivity index (χ0v) is 21.3. The van der Waals surface area contributed by atoms with Crippen LogP contribution in [0.3, 0.4) is 0 Å². The van der Waals surface area contributed by atoms with E-state index in [4.69, 9.17) is 21.1 Å². The molecule has 1 N–H and O–H groups in total. The largest absolute Gasteiger partial charge is 0.494 e. The maximum atomic E-state index is 12.7. The zero-order valence-electron chi connectivity index (χ0n) is 20.6. The second-order valence-corrected chi connectivity index (χ2v) is 10.2. The van der Waals surface area contributed by atoms with E-state index in [1.54, 1.807) is 0 Å². The van der Waals surface area contributed by atoms with Crippen LogP contribution in [-0.2, 0) is 4.74 Å². The van der Waals surface area contributed by atoms with Crippen LogP contribution in [0.4, 0.5) is 4.79 Å². The molecule has 3 atom stereocenters. The van der Waals surface area contributed by atoms with Gasteiger partial charge >= 0.3 is 6.09 Å². The third kappa shape index (κ3) is 5.22. The summed E-state index contributed by atoms with van der Waals surface area (Å²) in [5, 5.41) is 4.43. The van der Waals surface area contributed by atoms with Gasteiger partial charge in [0.15, 0.2) is 0 Å². The lowest BCUT2D eigenvalue weighted by Gasteiger charge is -2.36. The third-order valence-electron chi connectivity index (χ3n) is 7.55. The van der Waals surface area contributed by atoms with Gasteiger partial charge in [-0.05, 0) is 49.2 Å². The fourth-order valence-electron chi connectivity index (χ4n) is 5.59. The van der Waals surface area contributed by atoms with Crippen LogP contribution in [0.5, 0.6) is 5.75 Å². The first-order valence-corrected chi connectivity index (χ1v) is 12.9. The second kappa shape index (κ2) is 10.6. The molecular formula is C27H35ClN4O3. The molecule has 3 heterocycles. The van der Waals surface area contributed by atoms with E-state index in [0.717, 1.165) is 67.6 Å². The van der Waals surface area contributed by atoms with E-state index >= 15 is 0 Å². The number of hydrogen-bond donors (Lipinski definition) is 1. The van der Waals surface area contributed by atoms with Crippen LogP contribution < -0.4 is 10.1 Å². The Morgan fingerprint density at radius 1 is 1.14 bits per heavy atom. The van der Waals surface area contributed by atoms with Gasteiger partial charge in [-0.1, -0.05) is 35.9 Å². The Hall–Kier alpha value is -2.48. The van der Waals surface area contributed by atoms with Crippen LogP contribution in [0.2, 0.25) is 0 Å². The molecule has 8 heteroatoms. The first-order chi connectivity index (χ1) is 17.0. The number of nitrogens with zero attached hydrogens (tertiary/aromatic N) is 3. The van der Waals surface area contributed by atoms with Crippen molar-refractivity contribution in [1.29, 1.82) is 0 Å². The number of benzene rings is 1. The number of carbonyl (C=O) groups excluding carboxylic acids is 1. The molecule has 1 saturated heterocycles. The van der Waals surface area contributed by atoms with Crippen LogP contribution in [0.15, 0.2) is 58.8 Å². The Morgan fingerprint density at radius 3 is 2.66 bits per heavy atom. The lowest BCUT2D eigenvalue weighted by molar-refractivity contribution is 0.107. The number of allylic oxidation sites excluding steroid dienone is 2. The maximum Gasteiger partial charge on any atom is 0.410 e. The van der Waals surface area contributed by atoms with Crippen LogP contribution in [-0.4, -0.2) is 86.9 Å². The van der Waals surface area contributed by atoms with Crippen LogP contribution in [0.1, 0.15) is 24.4 Å². The topological polar surface area (TPSA) is 57.3 Å². The average molecular weight is 499 g/mol. The van der Waals surface area contributed by atoms with E-state index in [1.165, 1.54) is 12.7 Å². The van der Waals surface area contributed by atoms with Gasteiger partial charge in [-0.15, -0.1) is 0 Å². The van der Waals surface area contributed by atoms with Gasteiger partial charge in [0, 0.05) is 55.9 Å². The molecule has 0 radical (unpaired) electrons. The van der Waals surface area contributed by atoms with Gasteiger partial charge in [-0.3, -0.25) is 4.90 Å². The van der Waals surface area contributed by atoms with Gasteiger partial charge in [-0.2, -0.15) is 0 Å². The average Bonchev–Trinajstić information content (AvgIpc) is 3.25. The van der Waals surface area contributed by atoms with Crippen LogP contribution in [0, 0.1) is 5.92 Å². The van der Waals surface area contributed by atoms with E-state index in [2.05, 4.69) is 46.4 Å². The van der Waals surface area contributed by atoms with Gasteiger partial charge < -0.3 is 24.6 Å². The first-order valence-electron chi connectivity index (χ1n) is 12.6. The second-order valence-electron chi connectivity index (χ2n) is 9.78. The van der Waals surface area contributed by atoms with Crippen LogP contribution >= 0.6 is 11.6 Å². The molecular weight excluding hydrogens is 464 g/mol. The predicted octanol–water partition coefficient (Wildman–Crippen LogP) is 3.75. The number of piperazine rings is 1. The molecule has 4 aliphatic rings. The van der Waals surface area contributed by atoms with E-state index < -0.39 is 0 Å². The summed E-state index contributed by atoms with van der Waals surface area (Å²) in [6.45, 7) is 6.92. The molecule has 1 amide bonds. The van der Waals surface area contributed by atoms with E-state index in [9.17, 15) is 4.79 Å². The summed E-state index contributed by atoms with van der Waals surface area (Å²) in [7, 11) is 3.62. The Kier molecular flexibility index (Phi) is 7.37. The molecule has 1 aromatic carbocycles. The van der Waals surface area contributed by atoms with Crippen LogP contribution in [0.25, 0.3) is 0 Å². The minimum Gasteiger partial charge on any atom is -0.494 e. The van der Waals surface area contributed by atoms with Gasteiger partial charge in [0.1, 0.15) is 11.8 Å². The van der Waals surface area contributed by atoms with Crippen molar-refractivity contribution in [3.8, 4) is 5.75 Å². The molecule has 1 aliphatic carbocycles.